The van der Waals surface area contributed by atoms with E-state index < -0.39 is 0 Å². The zero-order chi connectivity index (χ0) is 17.2. The third-order valence-electron chi connectivity index (χ3n) is 5.93. The topological polar surface area (TPSA) is 54.5 Å². The zero-order valence-electron chi connectivity index (χ0n) is 15.1. The molecule has 0 saturated heterocycles. The number of aryl methyl sites for hydroxylation is 2. The maximum Gasteiger partial charge on any atom is 0.102 e. The molecule has 1 fully saturated rings. The molecule has 0 amide bonds. The van der Waals surface area contributed by atoms with Gasteiger partial charge >= 0.3 is 0 Å². The maximum atomic E-state index is 10.1. The van der Waals surface area contributed by atoms with Crippen LogP contribution in [0.2, 0.25) is 0 Å². The molecule has 0 spiro atoms. The molecule has 0 N–H and O–H groups in total. The van der Waals surface area contributed by atoms with Crippen molar-refractivity contribution in [3.63, 3.8) is 0 Å². The summed E-state index contributed by atoms with van der Waals surface area (Å²) in [4.78, 5) is 5.12. The van der Waals surface area contributed by atoms with E-state index in [1.807, 2.05) is 24.0 Å². The lowest BCUT2D eigenvalue weighted by Gasteiger charge is -2.25. The Labute approximate surface area is 149 Å². The summed E-state index contributed by atoms with van der Waals surface area (Å²) in [5, 5.41) is 14.4. The molecule has 25 heavy (non-hydrogen) atoms. The van der Waals surface area contributed by atoms with E-state index in [0.717, 1.165) is 35.4 Å². The first-order valence-electron chi connectivity index (χ1n) is 9.73. The van der Waals surface area contributed by atoms with E-state index in [0.29, 0.717) is 5.92 Å². The molecule has 0 unspecified atom stereocenters. The second-order valence-electron chi connectivity index (χ2n) is 7.52. The molecular weight excluding hydrogens is 308 g/mol. The largest absolute Gasteiger partial charge is 0.268 e. The molecule has 0 aromatic carbocycles. The van der Waals surface area contributed by atoms with Gasteiger partial charge in [-0.05, 0) is 50.2 Å². The molecule has 4 rings (SSSR count). The Hall–Kier alpha value is -2.15. The maximum absolute atomic E-state index is 10.1. The van der Waals surface area contributed by atoms with Gasteiger partial charge in [0.15, 0.2) is 0 Å². The molecule has 2 heterocycles. The van der Waals surface area contributed by atoms with Crippen molar-refractivity contribution in [3.05, 3.63) is 34.8 Å². The number of hydrogen-bond acceptors (Lipinski definition) is 3. The summed E-state index contributed by atoms with van der Waals surface area (Å²) in [6, 6.07) is 4.59. The molecule has 0 bridgehead atoms. The summed E-state index contributed by atoms with van der Waals surface area (Å²) in [6.45, 7) is 0. The molecule has 2 aromatic heterocycles. The molecule has 0 aliphatic heterocycles. The summed E-state index contributed by atoms with van der Waals surface area (Å²) in [7, 11) is 1.97. The minimum atomic E-state index is 0.448. The van der Waals surface area contributed by atoms with Crippen molar-refractivity contribution >= 4 is 0 Å². The van der Waals surface area contributed by atoms with Crippen molar-refractivity contribution in [3.8, 4) is 17.3 Å². The van der Waals surface area contributed by atoms with Crippen LogP contribution >= 0.6 is 0 Å². The Morgan fingerprint density at radius 3 is 2.56 bits per heavy atom. The molecule has 1 saturated carbocycles. The number of rotatable bonds is 2. The van der Waals surface area contributed by atoms with E-state index in [9.17, 15) is 5.26 Å². The quantitative estimate of drug-likeness (QED) is 0.750. The Balaban J connectivity index is 1.96. The second kappa shape index (κ2) is 7.00. The van der Waals surface area contributed by atoms with Crippen molar-refractivity contribution in [1.82, 2.24) is 14.8 Å². The van der Waals surface area contributed by atoms with E-state index in [1.54, 1.807) is 0 Å². The average molecular weight is 334 g/mol. The Morgan fingerprint density at radius 1 is 1.08 bits per heavy atom. The van der Waals surface area contributed by atoms with Gasteiger partial charge in [-0.1, -0.05) is 25.7 Å². The minimum Gasteiger partial charge on any atom is -0.268 e. The predicted octanol–water partition coefficient (Wildman–Crippen LogP) is 4.67. The smallest absolute Gasteiger partial charge is 0.102 e. The van der Waals surface area contributed by atoms with Crippen LogP contribution in [0.15, 0.2) is 12.3 Å². The van der Waals surface area contributed by atoms with Crippen LogP contribution in [-0.2, 0) is 19.9 Å². The molecule has 4 heteroatoms. The number of nitrogens with zero attached hydrogens (tertiary/aromatic N) is 4. The van der Waals surface area contributed by atoms with Crippen molar-refractivity contribution in [2.24, 2.45) is 7.05 Å². The van der Waals surface area contributed by atoms with Gasteiger partial charge in [-0.15, -0.1) is 0 Å². The Morgan fingerprint density at radius 2 is 1.84 bits per heavy atom. The van der Waals surface area contributed by atoms with E-state index in [2.05, 4.69) is 11.2 Å². The number of hydrogen-bond donors (Lipinski definition) is 0. The summed E-state index contributed by atoms with van der Waals surface area (Å²) < 4.78 is 1.91. The Bertz CT molecular complexity index is 806. The number of fused-ring (bicyclic) bond motifs is 1. The molecule has 2 aromatic rings. The van der Waals surface area contributed by atoms with Gasteiger partial charge in [0.05, 0.1) is 17.0 Å². The van der Waals surface area contributed by atoms with Gasteiger partial charge in [0, 0.05) is 30.4 Å². The SMILES string of the molecule is Cn1nccc1-c1c(C#N)c(C2CCCCC2)nc2c1CCCCC2. The van der Waals surface area contributed by atoms with E-state index in [-0.39, 0.29) is 0 Å². The van der Waals surface area contributed by atoms with Crippen LogP contribution in [-0.4, -0.2) is 14.8 Å². The van der Waals surface area contributed by atoms with E-state index in [4.69, 9.17) is 4.98 Å². The number of pyridine rings is 1. The standard InChI is InChI=1S/C21H26N4/c1-25-19(12-13-23-25)20-16-10-6-3-7-11-18(16)24-21(17(20)14-22)15-8-4-2-5-9-15/h12-13,15H,2-11H2,1H3. The van der Waals surface area contributed by atoms with Crippen LogP contribution in [0.3, 0.4) is 0 Å². The fourth-order valence-electron chi connectivity index (χ4n) is 4.63. The van der Waals surface area contributed by atoms with E-state index >= 15 is 0 Å². The molecule has 2 aliphatic rings. The van der Waals surface area contributed by atoms with Gasteiger partial charge in [-0.2, -0.15) is 10.4 Å². The van der Waals surface area contributed by atoms with Crippen molar-refractivity contribution < 1.29 is 0 Å². The van der Waals surface area contributed by atoms with Gasteiger partial charge in [-0.25, -0.2) is 0 Å². The molecule has 0 radical (unpaired) electrons. The lowest BCUT2D eigenvalue weighted by Crippen LogP contribution is -2.14. The minimum absolute atomic E-state index is 0.448. The Kier molecular flexibility index (Phi) is 4.57. The molecular formula is C21H26N4. The highest BCUT2D eigenvalue weighted by Gasteiger charge is 2.28. The van der Waals surface area contributed by atoms with Gasteiger partial charge in [0.1, 0.15) is 6.07 Å². The average Bonchev–Trinajstić information content (AvgIpc) is 2.93. The molecule has 2 aliphatic carbocycles. The lowest BCUT2D eigenvalue weighted by atomic mass is 9.82. The fourth-order valence-corrected chi connectivity index (χ4v) is 4.63. The van der Waals surface area contributed by atoms with Gasteiger partial charge in [-0.3, -0.25) is 9.67 Å². The van der Waals surface area contributed by atoms with Gasteiger partial charge < -0.3 is 0 Å². The van der Waals surface area contributed by atoms with Crippen LogP contribution in [0.5, 0.6) is 0 Å². The third-order valence-corrected chi connectivity index (χ3v) is 5.93. The van der Waals surface area contributed by atoms with Crippen molar-refractivity contribution in [2.75, 3.05) is 0 Å². The van der Waals surface area contributed by atoms with Crippen LogP contribution in [0.25, 0.3) is 11.3 Å². The highest BCUT2D eigenvalue weighted by molar-refractivity contribution is 5.74. The van der Waals surface area contributed by atoms with Crippen LogP contribution in [0.1, 0.15) is 79.8 Å². The lowest BCUT2D eigenvalue weighted by molar-refractivity contribution is 0.435. The van der Waals surface area contributed by atoms with Crippen LogP contribution < -0.4 is 0 Å². The first-order valence-corrected chi connectivity index (χ1v) is 9.73. The van der Waals surface area contributed by atoms with E-state index in [1.165, 1.54) is 62.6 Å². The van der Waals surface area contributed by atoms with Crippen molar-refractivity contribution in [1.29, 1.82) is 5.26 Å². The summed E-state index contributed by atoms with van der Waals surface area (Å²) in [6.07, 6.45) is 13.7. The van der Waals surface area contributed by atoms with Crippen LogP contribution in [0, 0.1) is 11.3 Å². The molecule has 4 nitrogen and oxygen atoms in total. The first kappa shape index (κ1) is 16.3. The summed E-state index contributed by atoms with van der Waals surface area (Å²) in [5.41, 5.74) is 6.62. The summed E-state index contributed by atoms with van der Waals surface area (Å²) >= 11 is 0. The normalized spacial score (nSPS) is 18.4. The number of aromatic nitrogens is 3. The van der Waals surface area contributed by atoms with Gasteiger partial charge in [0.2, 0.25) is 0 Å². The highest BCUT2D eigenvalue weighted by atomic mass is 15.3. The number of nitriles is 1. The van der Waals surface area contributed by atoms with Crippen LogP contribution in [0.4, 0.5) is 0 Å². The zero-order valence-corrected chi connectivity index (χ0v) is 15.1. The molecule has 0 atom stereocenters. The summed E-state index contributed by atoms with van der Waals surface area (Å²) in [5.74, 6) is 0.448. The predicted molar refractivity (Wildman–Crippen MR) is 98.2 cm³/mol. The van der Waals surface area contributed by atoms with Gasteiger partial charge in [0.25, 0.3) is 0 Å². The third kappa shape index (κ3) is 2.97. The van der Waals surface area contributed by atoms with Crippen molar-refractivity contribution in [2.45, 2.75) is 70.1 Å². The monoisotopic (exact) mass is 334 g/mol. The molecule has 130 valence electrons. The first-order chi connectivity index (χ1) is 12.3. The second-order valence-corrected chi connectivity index (χ2v) is 7.52. The highest BCUT2D eigenvalue weighted by Crippen LogP contribution is 2.40. The fraction of sp³-hybridized carbons (Fsp3) is 0.571.